The van der Waals surface area contributed by atoms with E-state index in [4.69, 9.17) is 0 Å². The Kier molecular flexibility index (Phi) is 2.53. The Hall–Kier alpha value is -0.550. The molecule has 1 aromatic carbocycles. The van der Waals surface area contributed by atoms with E-state index in [0.29, 0.717) is 5.69 Å². The highest BCUT2D eigenvalue weighted by Gasteiger charge is 2.35. The SMILES string of the molecule is O=S(=O)(Nc1cccc(Br)c1)C1CC1. The second-order valence-corrected chi connectivity index (χ2v) is 6.23. The minimum absolute atomic E-state index is 0.179. The fraction of sp³-hybridized carbons (Fsp3) is 0.333. The van der Waals surface area contributed by atoms with Crippen molar-refractivity contribution in [2.24, 2.45) is 0 Å². The van der Waals surface area contributed by atoms with Gasteiger partial charge in [0.15, 0.2) is 0 Å². The van der Waals surface area contributed by atoms with E-state index in [1.807, 2.05) is 6.07 Å². The fourth-order valence-electron chi connectivity index (χ4n) is 1.18. The second-order valence-electron chi connectivity index (χ2n) is 3.36. The van der Waals surface area contributed by atoms with Crippen LogP contribution in [0, 0.1) is 0 Å². The lowest BCUT2D eigenvalue weighted by atomic mass is 10.3. The molecule has 5 heteroatoms. The summed E-state index contributed by atoms with van der Waals surface area (Å²) in [6.07, 6.45) is 1.56. The maximum Gasteiger partial charge on any atom is 0.235 e. The van der Waals surface area contributed by atoms with Crippen LogP contribution in [-0.4, -0.2) is 13.7 Å². The third-order valence-corrected chi connectivity index (χ3v) is 4.41. The van der Waals surface area contributed by atoms with Crippen LogP contribution in [0.5, 0.6) is 0 Å². The van der Waals surface area contributed by atoms with Crippen molar-refractivity contribution in [3.63, 3.8) is 0 Å². The normalized spacial score (nSPS) is 16.6. The average Bonchev–Trinajstić information content (AvgIpc) is 2.84. The molecule has 0 unspecified atom stereocenters. The molecule has 1 aromatic rings. The van der Waals surface area contributed by atoms with Gasteiger partial charge in [-0.05, 0) is 31.0 Å². The first-order chi connectivity index (χ1) is 6.58. The van der Waals surface area contributed by atoms with Crippen molar-refractivity contribution in [2.75, 3.05) is 4.72 Å². The summed E-state index contributed by atoms with van der Waals surface area (Å²) in [6.45, 7) is 0. The van der Waals surface area contributed by atoms with Gasteiger partial charge in [-0.25, -0.2) is 8.42 Å². The van der Waals surface area contributed by atoms with Gasteiger partial charge < -0.3 is 0 Å². The number of anilines is 1. The molecule has 1 N–H and O–H groups in total. The van der Waals surface area contributed by atoms with E-state index in [1.54, 1.807) is 18.2 Å². The molecular weight excluding hydrogens is 266 g/mol. The molecule has 0 amide bonds. The van der Waals surface area contributed by atoms with Crippen molar-refractivity contribution < 1.29 is 8.42 Å². The maximum absolute atomic E-state index is 11.5. The smallest absolute Gasteiger partial charge is 0.235 e. The summed E-state index contributed by atoms with van der Waals surface area (Å²) in [5, 5.41) is -0.179. The molecule has 76 valence electrons. The van der Waals surface area contributed by atoms with Crippen LogP contribution in [0.25, 0.3) is 0 Å². The minimum atomic E-state index is -3.13. The van der Waals surface area contributed by atoms with E-state index in [1.165, 1.54) is 0 Å². The maximum atomic E-state index is 11.5. The first kappa shape index (κ1) is 9.98. The van der Waals surface area contributed by atoms with Gasteiger partial charge in [0.25, 0.3) is 0 Å². The summed E-state index contributed by atoms with van der Waals surface area (Å²) in [6, 6.07) is 7.15. The number of halogens is 1. The van der Waals surface area contributed by atoms with Gasteiger partial charge in [0, 0.05) is 10.2 Å². The van der Waals surface area contributed by atoms with Crippen molar-refractivity contribution in [2.45, 2.75) is 18.1 Å². The third-order valence-electron chi connectivity index (χ3n) is 2.05. The third kappa shape index (κ3) is 2.27. The van der Waals surface area contributed by atoms with Gasteiger partial charge in [0.1, 0.15) is 0 Å². The number of hydrogen-bond donors (Lipinski definition) is 1. The van der Waals surface area contributed by atoms with E-state index >= 15 is 0 Å². The van der Waals surface area contributed by atoms with E-state index < -0.39 is 10.0 Å². The van der Waals surface area contributed by atoms with Crippen LogP contribution in [0.4, 0.5) is 5.69 Å². The molecule has 0 saturated heterocycles. The van der Waals surface area contributed by atoms with Crippen LogP contribution >= 0.6 is 15.9 Å². The second kappa shape index (κ2) is 3.55. The van der Waals surface area contributed by atoms with Crippen molar-refractivity contribution in [3.05, 3.63) is 28.7 Å². The summed E-state index contributed by atoms with van der Waals surface area (Å²) in [7, 11) is -3.13. The molecule has 1 fully saturated rings. The van der Waals surface area contributed by atoms with Crippen molar-refractivity contribution in [1.29, 1.82) is 0 Å². The van der Waals surface area contributed by atoms with E-state index in [0.717, 1.165) is 17.3 Å². The van der Waals surface area contributed by atoms with Gasteiger partial charge in [0.05, 0.1) is 5.25 Å². The molecule has 0 radical (unpaired) electrons. The predicted molar refractivity (Wildman–Crippen MR) is 59.7 cm³/mol. The average molecular weight is 276 g/mol. The van der Waals surface area contributed by atoms with Gasteiger partial charge >= 0.3 is 0 Å². The van der Waals surface area contributed by atoms with Gasteiger partial charge in [0.2, 0.25) is 10.0 Å². The van der Waals surface area contributed by atoms with Crippen molar-refractivity contribution in [1.82, 2.24) is 0 Å². The Morgan fingerprint density at radius 2 is 2.07 bits per heavy atom. The number of benzene rings is 1. The van der Waals surface area contributed by atoms with Crippen LogP contribution in [0.3, 0.4) is 0 Å². The number of sulfonamides is 1. The highest BCUT2D eigenvalue weighted by molar-refractivity contribution is 9.10. The monoisotopic (exact) mass is 275 g/mol. The number of rotatable bonds is 3. The van der Waals surface area contributed by atoms with Crippen LogP contribution in [0.1, 0.15) is 12.8 Å². The Labute approximate surface area is 91.7 Å². The summed E-state index contributed by atoms with van der Waals surface area (Å²) >= 11 is 3.29. The molecule has 14 heavy (non-hydrogen) atoms. The highest BCUT2D eigenvalue weighted by Crippen LogP contribution is 2.30. The lowest BCUT2D eigenvalue weighted by Gasteiger charge is -2.06. The van der Waals surface area contributed by atoms with Gasteiger partial charge in [-0.3, -0.25) is 4.72 Å². The molecule has 0 spiro atoms. The van der Waals surface area contributed by atoms with Crippen LogP contribution in [0.2, 0.25) is 0 Å². The Balaban J connectivity index is 2.18. The Bertz CT molecular complexity index is 440. The van der Waals surface area contributed by atoms with Gasteiger partial charge in [-0.1, -0.05) is 22.0 Å². The summed E-state index contributed by atoms with van der Waals surface area (Å²) in [5.41, 5.74) is 0.617. The first-order valence-corrected chi connectivity index (χ1v) is 6.69. The Morgan fingerprint density at radius 3 is 2.64 bits per heavy atom. The van der Waals surface area contributed by atoms with E-state index in [-0.39, 0.29) is 5.25 Å². The molecule has 1 aliphatic carbocycles. The van der Waals surface area contributed by atoms with E-state index in [9.17, 15) is 8.42 Å². The standard InChI is InChI=1S/C9H10BrNO2S/c10-7-2-1-3-8(6-7)11-14(12,13)9-4-5-9/h1-3,6,9,11H,4-5H2. The minimum Gasteiger partial charge on any atom is -0.283 e. The highest BCUT2D eigenvalue weighted by atomic mass is 79.9. The number of hydrogen-bond acceptors (Lipinski definition) is 2. The molecule has 1 saturated carbocycles. The van der Waals surface area contributed by atoms with Crippen LogP contribution in [-0.2, 0) is 10.0 Å². The van der Waals surface area contributed by atoms with Gasteiger partial charge in [-0.2, -0.15) is 0 Å². The lowest BCUT2D eigenvalue weighted by Crippen LogP contribution is -2.17. The Morgan fingerprint density at radius 1 is 1.36 bits per heavy atom. The molecule has 0 bridgehead atoms. The summed E-state index contributed by atoms with van der Waals surface area (Å²) in [4.78, 5) is 0. The molecule has 2 rings (SSSR count). The van der Waals surface area contributed by atoms with Crippen molar-refractivity contribution in [3.8, 4) is 0 Å². The summed E-state index contributed by atoms with van der Waals surface area (Å²) in [5.74, 6) is 0. The largest absolute Gasteiger partial charge is 0.283 e. The summed E-state index contributed by atoms with van der Waals surface area (Å²) < 4.78 is 26.5. The lowest BCUT2D eigenvalue weighted by molar-refractivity contribution is 0.600. The molecule has 0 atom stereocenters. The molecule has 3 nitrogen and oxygen atoms in total. The zero-order valence-electron chi connectivity index (χ0n) is 7.40. The number of nitrogens with one attached hydrogen (secondary N) is 1. The molecular formula is C9H10BrNO2S. The predicted octanol–water partition coefficient (Wildman–Crippen LogP) is 2.35. The first-order valence-electron chi connectivity index (χ1n) is 4.35. The van der Waals surface area contributed by atoms with Crippen molar-refractivity contribution >= 4 is 31.6 Å². The zero-order valence-corrected chi connectivity index (χ0v) is 9.81. The fourth-order valence-corrected chi connectivity index (χ4v) is 2.96. The zero-order chi connectivity index (χ0) is 10.2. The topological polar surface area (TPSA) is 46.2 Å². The quantitative estimate of drug-likeness (QED) is 0.921. The van der Waals surface area contributed by atoms with E-state index in [2.05, 4.69) is 20.7 Å². The molecule has 0 heterocycles. The molecule has 1 aliphatic rings. The van der Waals surface area contributed by atoms with Gasteiger partial charge in [-0.15, -0.1) is 0 Å². The molecule has 0 aliphatic heterocycles. The molecule has 0 aromatic heterocycles. The van der Waals surface area contributed by atoms with Crippen LogP contribution in [0.15, 0.2) is 28.7 Å². The van der Waals surface area contributed by atoms with Crippen LogP contribution < -0.4 is 4.72 Å².